The molecule has 0 aromatic rings. The maximum atomic E-state index is 4.94. The molecule has 0 atom stereocenters. The summed E-state index contributed by atoms with van der Waals surface area (Å²) < 4.78 is 4.94. The predicted octanol–water partition coefficient (Wildman–Crippen LogP) is 1.26. The molecular formula is C4H9OTi. The zero-order valence-electron chi connectivity index (χ0n) is 4.41. The Kier molecular flexibility index (Phi) is 2.34. The second-order valence-electron chi connectivity index (χ2n) is 2.21. The minimum atomic E-state index is 0.0417. The summed E-state index contributed by atoms with van der Waals surface area (Å²) in [6, 6.07) is 0. The first-order valence-electron chi connectivity index (χ1n) is 1.91. The summed E-state index contributed by atoms with van der Waals surface area (Å²) in [5.74, 6) is 0. The van der Waals surface area contributed by atoms with Crippen LogP contribution in [0.3, 0.4) is 0 Å². The van der Waals surface area contributed by atoms with Gasteiger partial charge in [-0.2, -0.15) is 0 Å². The molecule has 0 aliphatic rings. The topological polar surface area (TPSA) is 9.23 Å². The average molecular weight is 121 g/mol. The van der Waals surface area contributed by atoms with E-state index in [1.165, 1.54) is 0 Å². The van der Waals surface area contributed by atoms with Gasteiger partial charge in [0.05, 0.1) is 0 Å². The van der Waals surface area contributed by atoms with Crippen molar-refractivity contribution in [1.82, 2.24) is 0 Å². The zero-order chi connectivity index (χ0) is 5.21. The summed E-state index contributed by atoms with van der Waals surface area (Å²) in [7, 11) is 0. The minimum absolute atomic E-state index is 0.0417. The van der Waals surface area contributed by atoms with Gasteiger partial charge in [-0.1, -0.05) is 0 Å². The van der Waals surface area contributed by atoms with Crippen molar-refractivity contribution in [1.29, 1.82) is 0 Å². The molecule has 0 unspecified atom stereocenters. The Morgan fingerprint density at radius 2 is 1.50 bits per heavy atom. The van der Waals surface area contributed by atoms with Crippen LogP contribution in [0.1, 0.15) is 20.8 Å². The normalized spacial score (nSPS) is 11.7. The van der Waals surface area contributed by atoms with Gasteiger partial charge in [0, 0.05) is 0 Å². The molecule has 0 fully saturated rings. The van der Waals surface area contributed by atoms with Gasteiger partial charge in [0.15, 0.2) is 0 Å². The van der Waals surface area contributed by atoms with Crippen LogP contribution in [0.4, 0.5) is 0 Å². The van der Waals surface area contributed by atoms with E-state index in [-0.39, 0.29) is 5.60 Å². The second kappa shape index (κ2) is 2.11. The maximum absolute atomic E-state index is 4.94. The van der Waals surface area contributed by atoms with Gasteiger partial charge in [0.1, 0.15) is 0 Å². The first-order chi connectivity index (χ1) is 2.56. The van der Waals surface area contributed by atoms with Crippen molar-refractivity contribution in [2.75, 3.05) is 0 Å². The summed E-state index contributed by atoms with van der Waals surface area (Å²) in [5.41, 5.74) is 0.0417. The molecule has 0 aliphatic heterocycles. The zero-order valence-corrected chi connectivity index (χ0v) is 5.97. The quantitative estimate of drug-likeness (QED) is 0.438. The molecule has 6 heavy (non-hydrogen) atoms. The Bertz CT molecular complexity index is 37.3. The van der Waals surface area contributed by atoms with Gasteiger partial charge >= 0.3 is 50.5 Å². The van der Waals surface area contributed by atoms with Crippen molar-refractivity contribution in [3.63, 3.8) is 0 Å². The Balaban J connectivity index is 3.17. The van der Waals surface area contributed by atoms with Crippen LogP contribution in [0.2, 0.25) is 0 Å². The van der Waals surface area contributed by atoms with Crippen molar-refractivity contribution in [2.45, 2.75) is 26.4 Å². The Labute approximate surface area is 51.0 Å². The Hall–Kier alpha value is 0.674. The Morgan fingerprint density at radius 3 is 1.50 bits per heavy atom. The molecule has 0 bridgehead atoms. The fourth-order valence-electron chi connectivity index (χ4n) is 0. The molecule has 0 radical (unpaired) electrons. The average Bonchev–Trinajstić information content (AvgIpc) is 1.35. The van der Waals surface area contributed by atoms with Gasteiger partial charge in [-0.3, -0.25) is 0 Å². The van der Waals surface area contributed by atoms with Crippen LogP contribution < -0.4 is 0 Å². The molecule has 35 valence electrons. The third kappa shape index (κ3) is 4.67. The van der Waals surface area contributed by atoms with Gasteiger partial charge in [-0.25, -0.2) is 0 Å². The molecule has 0 saturated carbocycles. The molecule has 2 heteroatoms. The van der Waals surface area contributed by atoms with Gasteiger partial charge < -0.3 is 0 Å². The number of hydrogen-bond donors (Lipinski definition) is 0. The molecule has 0 aromatic carbocycles. The fraction of sp³-hybridized carbons (Fsp3) is 1.00. The summed E-state index contributed by atoms with van der Waals surface area (Å²) in [4.78, 5) is 0. The first kappa shape index (κ1) is 6.67. The predicted molar refractivity (Wildman–Crippen MR) is 20.8 cm³/mol. The molecule has 0 amide bonds. The second-order valence-corrected chi connectivity index (χ2v) is 2.53. The van der Waals surface area contributed by atoms with E-state index in [1.54, 1.807) is 20.8 Å². The first-order valence-corrected chi connectivity index (χ1v) is 2.55. The Morgan fingerprint density at radius 1 is 1.33 bits per heavy atom. The van der Waals surface area contributed by atoms with E-state index in [2.05, 4.69) is 0 Å². The van der Waals surface area contributed by atoms with Crippen LogP contribution in [0, 0.1) is 0 Å². The van der Waals surface area contributed by atoms with Gasteiger partial charge in [-0.15, -0.1) is 0 Å². The van der Waals surface area contributed by atoms with E-state index in [9.17, 15) is 0 Å². The van der Waals surface area contributed by atoms with E-state index in [1.807, 2.05) is 20.8 Å². The molecule has 0 N–H and O–H groups in total. The van der Waals surface area contributed by atoms with E-state index in [0.717, 1.165) is 0 Å². The van der Waals surface area contributed by atoms with Crippen LogP contribution in [0.5, 0.6) is 0 Å². The van der Waals surface area contributed by atoms with Gasteiger partial charge in [0.25, 0.3) is 0 Å². The van der Waals surface area contributed by atoms with E-state index < -0.39 is 0 Å². The molecule has 0 spiro atoms. The molecule has 0 aromatic heterocycles. The van der Waals surface area contributed by atoms with Crippen LogP contribution in [0.25, 0.3) is 0 Å². The van der Waals surface area contributed by atoms with E-state index >= 15 is 0 Å². The molecule has 0 rings (SSSR count). The number of hydrogen-bond acceptors (Lipinski definition) is 1. The summed E-state index contributed by atoms with van der Waals surface area (Å²) in [6.45, 7) is 6.06. The molecule has 0 heterocycles. The number of rotatable bonds is 0. The van der Waals surface area contributed by atoms with Gasteiger partial charge in [-0.05, 0) is 0 Å². The monoisotopic (exact) mass is 121 g/mol. The van der Waals surface area contributed by atoms with Crippen molar-refractivity contribution in [3.8, 4) is 0 Å². The van der Waals surface area contributed by atoms with E-state index in [4.69, 9.17) is 3.32 Å². The van der Waals surface area contributed by atoms with E-state index in [0.29, 0.717) is 0 Å². The SMILES string of the molecule is CC(C)(C)[O][Ti]. The molecule has 0 saturated heterocycles. The molecule has 1 nitrogen and oxygen atoms in total. The van der Waals surface area contributed by atoms with Gasteiger partial charge in [0.2, 0.25) is 0 Å². The summed E-state index contributed by atoms with van der Waals surface area (Å²) >= 11 is 1.71. The van der Waals surface area contributed by atoms with Crippen molar-refractivity contribution in [3.05, 3.63) is 0 Å². The van der Waals surface area contributed by atoms with Crippen molar-refractivity contribution < 1.29 is 24.1 Å². The van der Waals surface area contributed by atoms with Crippen LogP contribution in [0.15, 0.2) is 0 Å². The summed E-state index contributed by atoms with van der Waals surface area (Å²) in [6.07, 6.45) is 0. The van der Waals surface area contributed by atoms with Crippen molar-refractivity contribution >= 4 is 0 Å². The van der Waals surface area contributed by atoms with Crippen LogP contribution >= 0.6 is 0 Å². The summed E-state index contributed by atoms with van der Waals surface area (Å²) in [5, 5.41) is 0. The van der Waals surface area contributed by atoms with Crippen LogP contribution in [-0.4, -0.2) is 5.60 Å². The van der Waals surface area contributed by atoms with Crippen LogP contribution in [-0.2, 0) is 24.1 Å². The third-order valence-corrected chi connectivity index (χ3v) is 1.26. The molecular weight excluding hydrogens is 112 g/mol. The standard InChI is InChI=1S/C4H9O.Ti/c1-4(2,3)5;/h1-3H3;/q-1;+1. The van der Waals surface area contributed by atoms with Crippen molar-refractivity contribution in [2.24, 2.45) is 0 Å². The molecule has 0 aliphatic carbocycles. The fourth-order valence-corrected chi connectivity index (χ4v) is 0. The third-order valence-electron chi connectivity index (χ3n) is 0.306.